The highest BCUT2D eigenvalue weighted by molar-refractivity contribution is 9.10. The Kier molecular flexibility index (Phi) is 9.69. The van der Waals surface area contributed by atoms with E-state index in [0.29, 0.717) is 11.6 Å². The molecule has 1 atom stereocenters. The van der Waals surface area contributed by atoms with E-state index >= 15 is 0 Å². The van der Waals surface area contributed by atoms with E-state index in [9.17, 15) is 0 Å². The SMILES string of the molecule is COCOCCC(Br)CCBr. The Bertz CT molecular complexity index is 80.8. The minimum absolute atomic E-state index is 0.397. The predicted molar refractivity (Wildman–Crippen MR) is 53.6 cm³/mol. The maximum Gasteiger partial charge on any atom is 0.146 e. The van der Waals surface area contributed by atoms with Crippen LogP contribution in [0.1, 0.15) is 12.8 Å². The topological polar surface area (TPSA) is 18.5 Å². The summed E-state index contributed by atoms with van der Waals surface area (Å²) in [5.74, 6) is 0. The van der Waals surface area contributed by atoms with Gasteiger partial charge in [-0.25, -0.2) is 0 Å². The van der Waals surface area contributed by atoms with Crippen molar-refractivity contribution in [3.8, 4) is 0 Å². The van der Waals surface area contributed by atoms with Gasteiger partial charge in [-0.1, -0.05) is 31.9 Å². The minimum atomic E-state index is 0.397. The maximum absolute atomic E-state index is 5.13. The van der Waals surface area contributed by atoms with Crippen LogP contribution in [0, 0.1) is 0 Å². The zero-order chi connectivity index (χ0) is 8.53. The molecule has 11 heavy (non-hydrogen) atoms. The van der Waals surface area contributed by atoms with E-state index in [1.807, 2.05) is 0 Å². The fourth-order valence-corrected chi connectivity index (χ4v) is 2.20. The van der Waals surface area contributed by atoms with Gasteiger partial charge in [-0.2, -0.15) is 0 Å². The van der Waals surface area contributed by atoms with Crippen LogP contribution < -0.4 is 0 Å². The van der Waals surface area contributed by atoms with Gasteiger partial charge in [0.25, 0.3) is 0 Å². The molecule has 0 radical (unpaired) electrons. The Morgan fingerprint density at radius 3 is 2.64 bits per heavy atom. The van der Waals surface area contributed by atoms with E-state index in [-0.39, 0.29) is 0 Å². The average molecular weight is 290 g/mol. The first-order valence-electron chi connectivity index (χ1n) is 3.58. The van der Waals surface area contributed by atoms with Crippen LogP contribution in [-0.4, -0.2) is 30.7 Å². The number of rotatable bonds is 7. The number of hydrogen-bond donors (Lipinski definition) is 0. The van der Waals surface area contributed by atoms with Gasteiger partial charge < -0.3 is 9.47 Å². The Morgan fingerprint density at radius 1 is 1.36 bits per heavy atom. The van der Waals surface area contributed by atoms with Gasteiger partial charge in [0.05, 0.1) is 6.61 Å². The first kappa shape index (κ1) is 11.9. The normalized spacial score (nSPS) is 13.4. The molecule has 0 spiro atoms. The molecule has 0 saturated carbocycles. The van der Waals surface area contributed by atoms with Crippen molar-refractivity contribution in [2.75, 3.05) is 25.8 Å². The van der Waals surface area contributed by atoms with Crippen molar-refractivity contribution < 1.29 is 9.47 Å². The zero-order valence-electron chi connectivity index (χ0n) is 6.69. The highest BCUT2D eigenvalue weighted by atomic mass is 79.9. The largest absolute Gasteiger partial charge is 0.359 e. The van der Waals surface area contributed by atoms with Crippen LogP contribution in [0.5, 0.6) is 0 Å². The summed E-state index contributed by atoms with van der Waals surface area (Å²) in [6, 6.07) is 0. The van der Waals surface area contributed by atoms with Crippen LogP contribution in [0.15, 0.2) is 0 Å². The first-order valence-corrected chi connectivity index (χ1v) is 5.61. The molecule has 0 saturated heterocycles. The summed E-state index contributed by atoms with van der Waals surface area (Å²) in [6.07, 6.45) is 2.17. The van der Waals surface area contributed by atoms with Crippen molar-refractivity contribution in [1.29, 1.82) is 0 Å². The monoisotopic (exact) mass is 288 g/mol. The molecule has 0 aromatic heterocycles. The molecule has 0 amide bonds. The predicted octanol–water partition coefficient (Wildman–Crippen LogP) is 2.55. The molecule has 68 valence electrons. The fraction of sp³-hybridized carbons (Fsp3) is 1.00. The Labute approximate surface area is 84.9 Å². The molecule has 0 fully saturated rings. The van der Waals surface area contributed by atoms with Gasteiger partial charge in [0, 0.05) is 17.3 Å². The number of halogens is 2. The van der Waals surface area contributed by atoms with Crippen molar-refractivity contribution in [1.82, 2.24) is 0 Å². The van der Waals surface area contributed by atoms with E-state index < -0.39 is 0 Å². The van der Waals surface area contributed by atoms with Crippen molar-refractivity contribution in [3.05, 3.63) is 0 Å². The third-order valence-corrected chi connectivity index (χ3v) is 2.57. The van der Waals surface area contributed by atoms with Gasteiger partial charge in [-0.15, -0.1) is 0 Å². The third kappa shape index (κ3) is 8.79. The fourth-order valence-electron chi connectivity index (χ4n) is 0.616. The van der Waals surface area contributed by atoms with Gasteiger partial charge in [0.2, 0.25) is 0 Å². The van der Waals surface area contributed by atoms with E-state index in [1.54, 1.807) is 7.11 Å². The second-order valence-corrected chi connectivity index (χ2v) is 4.27. The molecule has 0 aliphatic rings. The second kappa shape index (κ2) is 8.97. The van der Waals surface area contributed by atoms with E-state index in [0.717, 1.165) is 24.8 Å². The van der Waals surface area contributed by atoms with Crippen LogP contribution in [0.25, 0.3) is 0 Å². The van der Waals surface area contributed by atoms with Crippen LogP contribution in [0.4, 0.5) is 0 Å². The van der Waals surface area contributed by atoms with Gasteiger partial charge in [0.1, 0.15) is 6.79 Å². The van der Waals surface area contributed by atoms with Crippen LogP contribution >= 0.6 is 31.9 Å². The molecular weight excluding hydrogens is 276 g/mol. The van der Waals surface area contributed by atoms with Gasteiger partial charge >= 0.3 is 0 Å². The summed E-state index contributed by atoms with van der Waals surface area (Å²) in [5, 5.41) is 1.03. The summed E-state index contributed by atoms with van der Waals surface area (Å²) >= 11 is 6.92. The Morgan fingerprint density at radius 2 is 2.09 bits per heavy atom. The Hall–Kier alpha value is 0.880. The lowest BCUT2D eigenvalue weighted by Gasteiger charge is -2.07. The van der Waals surface area contributed by atoms with Gasteiger partial charge in [-0.3, -0.25) is 0 Å². The standard InChI is InChI=1S/C7H14Br2O2/c1-10-6-11-5-3-7(9)2-4-8/h7H,2-6H2,1H3. The highest BCUT2D eigenvalue weighted by Crippen LogP contribution is 2.11. The molecule has 0 aliphatic heterocycles. The van der Waals surface area contributed by atoms with E-state index in [1.165, 1.54) is 0 Å². The first-order chi connectivity index (χ1) is 5.31. The molecule has 0 rings (SSSR count). The summed E-state index contributed by atoms with van der Waals surface area (Å²) in [4.78, 5) is 0.554. The summed E-state index contributed by atoms with van der Waals surface area (Å²) in [6.45, 7) is 1.16. The lowest BCUT2D eigenvalue weighted by atomic mass is 10.3. The smallest absolute Gasteiger partial charge is 0.146 e. The molecule has 4 heteroatoms. The van der Waals surface area contributed by atoms with Gasteiger partial charge in [0.15, 0.2) is 0 Å². The third-order valence-electron chi connectivity index (χ3n) is 1.20. The maximum atomic E-state index is 5.13. The molecule has 0 heterocycles. The number of hydrogen-bond acceptors (Lipinski definition) is 2. The number of ether oxygens (including phenoxy) is 2. The van der Waals surface area contributed by atoms with Crippen LogP contribution in [-0.2, 0) is 9.47 Å². The molecule has 2 nitrogen and oxygen atoms in total. The molecule has 0 bridgehead atoms. The lowest BCUT2D eigenvalue weighted by molar-refractivity contribution is -0.0310. The molecule has 1 unspecified atom stereocenters. The molecule has 0 aromatic carbocycles. The summed E-state index contributed by atoms with van der Waals surface area (Å²) in [5.41, 5.74) is 0. The average Bonchev–Trinajstić information content (AvgIpc) is 1.99. The van der Waals surface area contributed by atoms with E-state index in [2.05, 4.69) is 31.9 Å². The molecular formula is C7H14Br2O2. The molecule has 0 aliphatic carbocycles. The summed E-state index contributed by atoms with van der Waals surface area (Å²) < 4.78 is 9.87. The molecule has 0 aromatic rings. The summed E-state index contributed by atoms with van der Waals surface area (Å²) in [7, 11) is 1.63. The van der Waals surface area contributed by atoms with Crippen LogP contribution in [0.2, 0.25) is 0 Å². The second-order valence-electron chi connectivity index (χ2n) is 2.18. The van der Waals surface area contributed by atoms with Crippen LogP contribution in [0.3, 0.4) is 0 Å². The Balaban J connectivity index is 2.97. The zero-order valence-corrected chi connectivity index (χ0v) is 9.86. The molecule has 0 N–H and O–H groups in total. The highest BCUT2D eigenvalue weighted by Gasteiger charge is 2.01. The van der Waals surface area contributed by atoms with Crippen molar-refractivity contribution in [2.24, 2.45) is 0 Å². The lowest BCUT2D eigenvalue weighted by Crippen LogP contribution is -2.06. The minimum Gasteiger partial charge on any atom is -0.359 e. The number of methoxy groups -OCH3 is 1. The van der Waals surface area contributed by atoms with Crippen molar-refractivity contribution in [3.63, 3.8) is 0 Å². The quantitative estimate of drug-likeness (QED) is 0.407. The van der Waals surface area contributed by atoms with Crippen molar-refractivity contribution in [2.45, 2.75) is 17.7 Å². The van der Waals surface area contributed by atoms with Gasteiger partial charge in [-0.05, 0) is 12.8 Å². The van der Waals surface area contributed by atoms with Crippen molar-refractivity contribution >= 4 is 31.9 Å². The van der Waals surface area contributed by atoms with E-state index in [4.69, 9.17) is 9.47 Å². The number of alkyl halides is 2.